The monoisotopic (exact) mass is 210 g/mol. The van der Waals surface area contributed by atoms with Crippen molar-refractivity contribution in [1.82, 2.24) is 10.2 Å². The van der Waals surface area contributed by atoms with Crippen LogP contribution in [0.15, 0.2) is 0 Å². The van der Waals surface area contributed by atoms with Crippen molar-refractivity contribution in [1.29, 1.82) is 0 Å². The maximum absolute atomic E-state index is 3.67. The number of likely N-dealkylation sites (N-methyl/N-ethyl adjacent to an activating group) is 1. The van der Waals surface area contributed by atoms with Crippen LogP contribution in [0.25, 0.3) is 0 Å². The van der Waals surface area contributed by atoms with Gasteiger partial charge in [0.05, 0.1) is 0 Å². The first-order chi connectivity index (χ1) is 7.42. The molecule has 1 saturated heterocycles. The van der Waals surface area contributed by atoms with Crippen molar-refractivity contribution >= 4 is 0 Å². The summed E-state index contributed by atoms with van der Waals surface area (Å²) in [6.45, 7) is 6.08. The zero-order valence-electron chi connectivity index (χ0n) is 10.2. The maximum atomic E-state index is 3.67. The molecule has 0 amide bonds. The van der Waals surface area contributed by atoms with Gasteiger partial charge in [0, 0.05) is 12.1 Å². The molecule has 0 aromatic heterocycles. The van der Waals surface area contributed by atoms with Crippen LogP contribution >= 0.6 is 0 Å². The van der Waals surface area contributed by atoms with Crippen LogP contribution in [0, 0.1) is 0 Å². The van der Waals surface area contributed by atoms with Gasteiger partial charge in [-0.05, 0) is 45.3 Å². The lowest BCUT2D eigenvalue weighted by Crippen LogP contribution is -2.47. The van der Waals surface area contributed by atoms with Gasteiger partial charge in [-0.2, -0.15) is 0 Å². The highest BCUT2D eigenvalue weighted by atomic mass is 15.2. The highest BCUT2D eigenvalue weighted by Gasteiger charge is 2.31. The van der Waals surface area contributed by atoms with E-state index in [-0.39, 0.29) is 0 Å². The number of nitrogens with zero attached hydrogens (tertiary/aromatic N) is 1. The summed E-state index contributed by atoms with van der Waals surface area (Å²) in [6.07, 6.45) is 10.0. The Morgan fingerprint density at radius 1 is 1.00 bits per heavy atom. The molecule has 1 aliphatic heterocycles. The fourth-order valence-electron chi connectivity index (χ4n) is 3.30. The van der Waals surface area contributed by atoms with Crippen molar-refractivity contribution in [3.8, 4) is 0 Å². The summed E-state index contributed by atoms with van der Waals surface area (Å²) in [4.78, 5) is 2.77. The predicted molar refractivity (Wildman–Crippen MR) is 65.1 cm³/mol. The lowest BCUT2D eigenvalue weighted by Gasteiger charge is -2.32. The normalized spacial score (nSPS) is 34.2. The SMILES string of the molecule is CCNC1CCCC1N1CCCCCC1. The minimum absolute atomic E-state index is 0.785. The summed E-state index contributed by atoms with van der Waals surface area (Å²) >= 11 is 0. The largest absolute Gasteiger partial charge is 0.313 e. The molecule has 88 valence electrons. The van der Waals surface area contributed by atoms with Gasteiger partial charge in [0.25, 0.3) is 0 Å². The van der Waals surface area contributed by atoms with Gasteiger partial charge in [-0.25, -0.2) is 0 Å². The molecule has 2 aliphatic rings. The van der Waals surface area contributed by atoms with E-state index >= 15 is 0 Å². The van der Waals surface area contributed by atoms with Crippen molar-refractivity contribution in [2.24, 2.45) is 0 Å². The highest BCUT2D eigenvalue weighted by molar-refractivity contribution is 4.90. The first kappa shape index (κ1) is 11.4. The molecule has 0 bridgehead atoms. The second kappa shape index (κ2) is 5.86. The van der Waals surface area contributed by atoms with Gasteiger partial charge in [0.15, 0.2) is 0 Å². The third-order valence-electron chi connectivity index (χ3n) is 4.06. The van der Waals surface area contributed by atoms with Crippen LogP contribution in [0.1, 0.15) is 51.9 Å². The average molecular weight is 210 g/mol. The third kappa shape index (κ3) is 2.94. The zero-order chi connectivity index (χ0) is 10.5. The fourth-order valence-corrected chi connectivity index (χ4v) is 3.30. The van der Waals surface area contributed by atoms with Crippen LogP contribution in [-0.4, -0.2) is 36.6 Å². The minimum atomic E-state index is 0.785. The van der Waals surface area contributed by atoms with E-state index in [1.807, 2.05) is 0 Å². The second-order valence-corrected chi connectivity index (χ2v) is 5.11. The molecule has 2 unspecified atom stereocenters. The number of rotatable bonds is 3. The molecule has 1 aliphatic carbocycles. The average Bonchev–Trinajstić information content (AvgIpc) is 2.53. The van der Waals surface area contributed by atoms with E-state index in [1.54, 1.807) is 0 Å². The smallest absolute Gasteiger partial charge is 0.0249 e. The number of nitrogens with one attached hydrogen (secondary N) is 1. The van der Waals surface area contributed by atoms with E-state index in [4.69, 9.17) is 0 Å². The summed E-state index contributed by atoms with van der Waals surface area (Å²) in [7, 11) is 0. The first-order valence-corrected chi connectivity index (χ1v) is 6.89. The Hall–Kier alpha value is -0.0800. The molecule has 0 radical (unpaired) electrons. The Morgan fingerprint density at radius 3 is 2.40 bits per heavy atom. The molecule has 0 aromatic carbocycles. The molecule has 0 aromatic rings. The number of hydrogen-bond donors (Lipinski definition) is 1. The highest BCUT2D eigenvalue weighted by Crippen LogP contribution is 2.26. The Bertz CT molecular complexity index is 173. The lowest BCUT2D eigenvalue weighted by molar-refractivity contribution is 0.179. The summed E-state index contributed by atoms with van der Waals surface area (Å²) in [6, 6.07) is 1.64. The van der Waals surface area contributed by atoms with Gasteiger partial charge in [-0.15, -0.1) is 0 Å². The van der Waals surface area contributed by atoms with E-state index in [9.17, 15) is 0 Å². The molecule has 2 nitrogen and oxygen atoms in total. The molecule has 2 atom stereocenters. The van der Waals surface area contributed by atoms with E-state index in [0.717, 1.165) is 18.6 Å². The second-order valence-electron chi connectivity index (χ2n) is 5.11. The quantitative estimate of drug-likeness (QED) is 0.769. The van der Waals surface area contributed by atoms with Gasteiger partial charge >= 0.3 is 0 Å². The van der Waals surface area contributed by atoms with E-state index in [0.29, 0.717) is 0 Å². The van der Waals surface area contributed by atoms with Gasteiger partial charge in [0.1, 0.15) is 0 Å². The molecular weight excluding hydrogens is 184 g/mol. The molecular formula is C13H26N2. The molecule has 2 rings (SSSR count). The topological polar surface area (TPSA) is 15.3 Å². The summed E-state index contributed by atoms with van der Waals surface area (Å²) in [5.74, 6) is 0. The molecule has 0 spiro atoms. The van der Waals surface area contributed by atoms with Gasteiger partial charge in [0.2, 0.25) is 0 Å². The Balaban J connectivity index is 1.89. The first-order valence-electron chi connectivity index (χ1n) is 6.89. The van der Waals surface area contributed by atoms with Crippen LogP contribution in [0.5, 0.6) is 0 Å². The van der Waals surface area contributed by atoms with Crippen molar-refractivity contribution in [3.63, 3.8) is 0 Å². The zero-order valence-corrected chi connectivity index (χ0v) is 10.2. The van der Waals surface area contributed by atoms with E-state index in [1.165, 1.54) is 58.0 Å². The molecule has 1 heterocycles. The van der Waals surface area contributed by atoms with Crippen LogP contribution in [-0.2, 0) is 0 Å². The van der Waals surface area contributed by atoms with Crippen molar-refractivity contribution < 1.29 is 0 Å². The Morgan fingerprint density at radius 2 is 1.73 bits per heavy atom. The van der Waals surface area contributed by atoms with Gasteiger partial charge in [-0.1, -0.05) is 26.2 Å². The lowest BCUT2D eigenvalue weighted by atomic mass is 10.1. The van der Waals surface area contributed by atoms with Crippen molar-refractivity contribution in [2.75, 3.05) is 19.6 Å². The fraction of sp³-hybridized carbons (Fsp3) is 1.00. The standard InChI is InChI=1S/C13H26N2/c1-2-14-12-8-7-9-13(12)15-10-5-3-4-6-11-15/h12-14H,2-11H2,1H3. The maximum Gasteiger partial charge on any atom is 0.0249 e. The van der Waals surface area contributed by atoms with Crippen molar-refractivity contribution in [2.45, 2.75) is 64.0 Å². The van der Waals surface area contributed by atoms with Gasteiger partial charge in [-0.3, -0.25) is 4.90 Å². The third-order valence-corrected chi connectivity index (χ3v) is 4.06. The number of likely N-dealkylation sites (tertiary alicyclic amines) is 1. The van der Waals surface area contributed by atoms with Crippen LogP contribution < -0.4 is 5.32 Å². The summed E-state index contributed by atoms with van der Waals surface area (Å²) in [5.41, 5.74) is 0. The summed E-state index contributed by atoms with van der Waals surface area (Å²) < 4.78 is 0. The van der Waals surface area contributed by atoms with E-state index in [2.05, 4.69) is 17.1 Å². The summed E-state index contributed by atoms with van der Waals surface area (Å²) in [5, 5.41) is 3.67. The molecule has 15 heavy (non-hydrogen) atoms. The van der Waals surface area contributed by atoms with Crippen LogP contribution in [0.2, 0.25) is 0 Å². The molecule has 1 N–H and O–H groups in total. The minimum Gasteiger partial charge on any atom is -0.313 e. The Kier molecular flexibility index (Phi) is 4.45. The predicted octanol–water partition coefficient (Wildman–Crippen LogP) is 2.39. The number of hydrogen-bond acceptors (Lipinski definition) is 2. The molecule has 2 fully saturated rings. The Labute approximate surface area is 94.4 Å². The van der Waals surface area contributed by atoms with Crippen LogP contribution in [0.4, 0.5) is 0 Å². The molecule has 1 saturated carbocycles. The van der Waals surface area contributed by atoms with E-state index < -0.39 is 0 Å². The van der Waals surface area contributed by atoms with Crippen LogP contribution in [0.3, 0.4) is 0 Å². The van der Waals surface area contributed by atoms with Crippen molar-refractivity contribution in [3.05, 3.63) is 0 Å². The van der Waals surface area contributed by atoms with Gasteiger partial charge < -0.3 is 5.32 Å². The molecule has 2 heteroatoms.